The molecule has 6 nitrogen and oxygen atoms in total. The van der Waals surface area contributed by atoms with Gasteiger partial charge in [0.25, 0.3) is 10.0 Å². The molecule has 0 radical (unpaired) electrons. The van der Waals surface area contributed by atoms with Crippen LogP contribution in [0.3, 0.4) is 0 Å². The predicted octanol–water partition coefficient (Wildman–Crippen LogP) is 3.10. The van der Waals surface area contributed by atoms with Gasteiger partial charge in [0.2, 0.25) is 0 Å². The second-order valence-electron chi connectivity index (χ2n) is 4.87. The molecule has 0 aliphatic heterocycles. The van der Waals surface area contributed by atoms with E-state index in [1.807, 2.05) is 6.92 Å². The molecular weight excluding hydrogens is 314 g/mol. The number of nitrogens with zero attached hydrogens (tertiary/aromatic N) is 1. The Kier molecular flexibility index (Phi) is 5.81. The molecule has 23 heavy (non-hydrogen) atoms. The van der Waals surface area contributed by atoms with Gasteiger partial charge in [-0.15, -0.1) is 0 Å². The van der Waals surface area contributed by atoms with Crippen LogP contribution in [0.4, 0.5) is 11.5 Å². The number of benzene rings is 1. The monoisotopic (exact) mass is 335 g/mol. The first kappa shape index (κ1) is 17.1. The lowest BCUT2D eigenvalue weighted by molar-refractivity contribution is 0.340. The van der Waals surface area contributed by atoms with Crippen molar-refractivity contribution in [3.05, 3.63) is 42.6 Å². The van der Waals surface area contributed by atoms with Crippen molar-refractivity contribution in [3.8, 4) is 5.75 Å². The first-order valence-corrected chi connectivity index (χ1v) is 8.99. The maximum absolute atomic E-state index is 12.3. The lowest BCUT2D eigenvalue weighted by atomic mass is 10.3. The molecule has 0 amide bonds. The van der Waals surface area contributed by atoms with Crippen LogP contribution < -0.4 is 14.8 Å². The standard InChI is InChI=1S/C16H21N3O3S/c1-3-11-17-13-5-10-16(18-12-13)19-23(20,21)15-8-6-14(7-9-15)22-4-2/h5-10,12,17H,3-4,11H2,1-2H3,(H,18,19). The Bertz CT molecular complexity index is 713. The lowest BCUT2D eigenvalue weighted by Gasteiger charge is -2.09. The zero-order valence-corrected chi connectivity index (χ0v) is 14.1. The third-order valence-electron chi connectivity index (χ3n) is 3.03. The number of sulfonamides is 1. The van der Waals surface area contributed by atoms with Gasteiger partial charge in [-0.1, -0.05) is 6.92 Å². The van der Waals surface area contributed by atoms with Gasteiger partial charge in [-0.3, -0.25) is 4.72 Å². The van der Waals surface area contributed by atoms with Gasteiger partial charge < -0.3 is 10.1 Å². The molecule has 0 unspecified atom stereocenters. The molecule has 1 aromatic carbocycles. The summed E-state index contributed by atoms with van der Waals surface area (Å²) in [5, 5.41) is 3.18. The Hall–Kier alpha value is -2.28. The Labute approximate surface area is 137 Å². The topological polar surface area (TPSA) is 80.3 Å². The van der Waals surface area contributed by atoms with Crippen molar-refractivity contribution < 1.29 is 13.2 Å². The highest BCUT2D eigenvalue weighted by Gasteiger charge is 2.14. The average molecular weight is 335 g/mol. The van der Waals surface area contributed by atoms with E-state index in [4.69, 9.17) is 4.74 Å². The minimum atomic E-state index is -3.66. The molecule has 2 aromatic rings. The maximum atomic E-state index is 12.3. The zero-order valence-electron chi connectivity index (χ0n) is 13.2. The van der Waals surface area contributed by atoms with E-state index in [1.54, 1.807) is 30.5 Å². The van der Waals surface area contributed by atoms with E-state index in [0.717, 1.165) is 18.7 Å². The van der Waals surface area contributed by atoms with Crippen LogP contribution in [0.1, 0.15) is 20.3 Å². The summed E-state index contributed by atoms with van der Waals surface area (Å²) in [6.45, 7) is 5.32. The summed E-state index contributed by atoms with van der Waals surface area (Å²) in [5.41, 5.74) is 0.857. The number of ether oxygens (including phenoxy) is 1. The van der Waals surface area contributed by atoms with E-state index in [9.17, 15) is 8.42 Å². The fraction of sp³-hybridized carbons (Fsp3) is 0.312. The van der Waals surface area contributed by atoms with Crippen molar-refractivity contribution in [1.82, 2.24) is 4.98 Å². The van der Waals surface area contributed by atoms with E-state index in [2.05, 4.69) is 21.9 Å². The highest BCUT2D eigenvalue weighted by molar-refractivity contribution is 7.92. The number of aromatic nitrogens is 1. The SMILES string of the molecule is CCCNc1ccc(NS(=O)(=O)c2ccc(OCC)cc2)nc1. The average Bonchev–Trinajstić information content (AvgIpc) is 2.55. The van der Waals surface area contributed by atoms with Crippen LogP contribution in [0.15, 0.2) is 47.5 Å². The van der Waals surface area contributed by atoms with Crippen molar-refractivity contribution in [2.45, 2.75) is 25.2 Å². The third kappa shape index (κ3) is 4.85. The molecule has 1 aromatic heterocycles. The van der Waals surface area contributed by atoms with Gasteiger partial charge in [0, 0.05) is 6.54 Å². The molecule has 0 saturated heterocycles. The molecule has 0 atom stereocenters. The number of rotatable bonds is 8. The first-order chi connectivity index (χ1) is 11.0. The van der Waals surface area contributed by atoms with Gasteiger partial charge in [-0.05, 0) is 49.7 Å². The Morgan fingerprint density at radius 3 is 2.39 bits per heavy atom. The maximum Gasteiger partial charge on any atom is 0.263 e. The molecule has 0 aliphatic carbocycles. The van der Waals surface area contributed by atoms with E-state index in [0.29, 0.717) is 12.4 Å². The van der Waals surface area contributed by atoms with Crippen LogP contribution in [0.5, 0.6) is 5.75 Å². The summed E-state index contributed by atoms with van der Waals surface area (Å²) in [6, 6.07) is 9.68. The zero-order chi connectivity index (χ0) is 16.7. The minimum absolute atomic E-state index is 0.163. The number of nitrogens with one attached hydrogen (secondary N) is 2. The molecule has 0 fully saturated rings. The van der Waals surface area contributed by atoms with Crippen molar-refractivity contribution in [2.75, 3.05) is 23.2 Å². The van der Waals surface area contributed by atoms with Crippen LogP contribution in [-0.4, -0.2) is 26.6 Å². The van der Waals surface area contributed by atoms with Crippen LogP contribution >= 0.6 is 0 Å². The Balaban J connectivity index is 2.08. The normalized spacial score (nSPS) is 11.0. The summed E-state index contributed by atoms with van der Waals surface area (Å²) in [6.07, 6.45) is 2.61. The predicted molar refractivity (Wildman–Crippen MR) is 91.4 cm³/mol. The molecule has 2 N–H and O–H groups in total. The van der Waals surface area contributed by atoms with Crippen molar-refractivity contribution in [2.24, 2.45) is 0 Å². The summed E-state index contributed by atoms with van der Waals surface area (Å²) >= 11 is 0. The third-order valence-corrected chi connectivity index (χ3v) is 4.40. The van der Waals surface area contributed by atoms with Gasteiger partial charge in [-0.25, -0.2) is 13.4 Å². The summed E-state index contributed by atoms with van der Waals surface area (Å²) < 4.78 is 32.4. The minimum Gasteiger partial charge on any atom is -0.494 e. The summed E-state index contributed by atoms with van der Waals surface area (Å²) in [5.74, 6) is 0.914. The molecule has 0 bridgehead atoms. The van der Waals surface area contributed by atoms with Gasteiger partial charge in [0.1, 0.15) is 11.6 Å². The van der Waals surface area contributed by atoms with Gasteiger partial charge >= 0.3 is 0 Å². The van der Waals surface area contributed by atoms with Crippen LogP contribution in [0, 0.1) is 0 Å². The molecule has 1 heterocycles. The summed E-state index contributed by atoms with van der Waals surface area (Å²) in [4.78, 5) is 4.27. The quantitative estimate of drug-likeness (QED) is 0.775. The van der Waals surface area contributed by atoms with Gasteiger partial charge in [0.05, 0.1) is 23.4 Å². The lowest BCUT2D eigenvalue weighted by Crippen LogP contribution is -2.14. The summed E-state index contributed by atoms with van der Waals surface area (Å²) in [7, 11) is -3.66. The molecular formula is C16H21N3O3S. The van der Waals surface area contributed by atoms with E-state index in [1.165, 1.54) is 12.1 Å². The molecule has 2 rings (SSSR count). The largest absolute Gasteiger partial charge is 0.494 e. The van der Waals surface area contributed by atoms with Crippen molar-refractivity contribution in [3.63, 3.8) is 0 Å². The molecule has 0 saturated carbocycles. The number of hydrogen-bond acceptors (Lipinski definition) is 5. The second kappa shape index (κ2) is 7.82. The molecule has 0 spiro atoms. The first-order valence-electron chi connectivity index (χ1n) is 7.50. The van der Waals surface area contributed by atoms with Gasteiger partial charge in [0.15, 0.2) is 0 Å². The van der Waals surface area contributed by atoms with Crippen molar-refractivity contribution in [1.29, 1.82) is 0 Å². The second-order valence-corrected chi connectivity index (χ2v) is 6.55. The highest BCUT2D eigenvalue weighted by atomic mass is 32.2. The van der Waals surface area contributed by atoms with Crippen LogP contribution in [0.25, 0.3) is 0 Å². The number of hydrogen-bond donors (Lipinski definition) is 2. The van der Waals surface area contributed by atoms with Crippen LogP contribution in [-0.2, 0) is 10.0 Å². The number of anilines is 2. The van der Waals surface area contributed by atoms with Gasteiger partial charge in [-0.2, -0.15) is 0 Å². The molecule has 124 valence electrons. The van der Waals surface area contributed by atoms with Crippen LogP contribution in [0.2, 0.25) is 0 Å². The fourth-order valence-electron chi connectivity index (χ4n) is 1.91. The Morgan fingerprint density at radius 1 is 1.09 bits per heavy atom. The highest BCUT2D eigenvalue weighted by Crippen LogP contribution is 2.19. The van der Waals surface area contributed by atoms with E-state index >= 15 is 0 Å². The Morgan fingerprint density at radius 2 is 1.83 bits per heavy atom. The van der Waals surface area contributed by atoms with Crippen molar-refractivity contribution >= 4 is 21.5 Å². The van der Waals surface area contributed by atoms with E-state index < -0.39 is 10.0 Å². The number of pyridine rings is 1. The molecule has 0 aliphatic rings. The molecule has 7 heteroatoms. The van der Waals surface area contributed by atoms with E-state index in [-0.39, 0.29) is 10.7 Å². The smallest absolute Gasteiger partial charge is 0.263 e. The fourth-order valence-corrected chi connectivity index (χ4v) is 2.91.